The zero-order valence-corrected chi connectivity index (χ0v) is 13.8. The Morgan fingerprint density at radius 1 is 1.30 bits per heavy atom. The van der Waals surface area contributed by atoms with Crippen LogP contribution in [0.5, 0.6) is 0 Å². The Kier molecular flexibility index (Phi) is 7.11. The van der Waals surface area contributed by atoms with Crippen molar-refractivity contribution < 1.29 is 9.53 Å². The molecule has 2 atom stereocenters. The number of nitrogens with one attached hydrogen (secondary N) is 1. The van der Waals surface area contributed by atoms with E-state index >= 15 is 0 Å². The second-order valence-electron chi connectivity index (χ2n) is 6.43. The van der Waals surface area contributed by atoms with E-state index in [1.54, 1.807) is 5.57 Å². The molecular weight excluding hydrogens is 250 g/mol. The number of ether oxygens (including phenoxy) is 1. The third-order valence-corrected chi connectivity index (χ3v) is 4.12. The third kappa shape index (κ3) is 5.56. The van der Waals surface area contributed by atoms with Crippen LogP contribution >= 0.6 is 0 Å². The fourth-order valence-electron chi connectivity index (χ4n) is 3.08. The number of allylic oxidation sites excluding steroid dienone is 2. The predicted octanol–water partition coefficient (Wildman–Crippen LogP) is 4.82. The summed E-state index contributed by atoms with van der Waals surface area (Å²) in [5.41, 5.74) is 3.04. The molecule has 116 valence electrons. The average molecular weight is 281 g/mol. The fourth-order valence-corrected chi connectivity index (χ4v) is 3.08. The lowest BCUT2D eigenvalue weighted by Crippen LogP contribution is -2.34. The summed E-state index contributed by atoms with van der Waals surface area (Å²) in [6.07, 6.45) is 6.43. The Bertz CT molecular complexity index is 343. The van der Waals surface area contributed by atoms with Crippen molar-refractivity contribution in [3.63, 3.8) is 0 Å². The van der Waals surface area contributed by atoms with E-state index in [1.807, 2.05) is 13.8 Å². The molecule has 0 aliphatic heterocycles. The third-order valence-electron chi connectivity index (χ3n) is 4.12. The SMILES string of the molecule is CCC1CCCC(OC(=O)NC(C)C)CCC1=C(C)C. The van der Waals surface area contributed by atoms with Gasteiger partial charge in [-0.25, -0.2) is 4.79 Å². The zero-order chi connectivity index (χ0) is 15.1. The number of hydrogen-bond donors (Lipinski definition) is 1. The molecule has 0 bridgehead atoms. The van der Waals surface area contributed by atoms with Gasteiger partial charge in [-0.05, 0) is 72.1 Å². The van der Waals surface area contributed by atoms with Crippen LogP contribution in [0.2, 0.25) is 0 Å². The van der Waals surface area contributed by atoms with Gasteiger partial charge in [0.15, 0.2) is 0 Å². The van der Waals surface area contributed by atoms with Crippen molar-refractivity contribution in [2.75, 3.05) is 0 Å². The molecule has 1 aliphatic rings. The molecule has 1 rings (SSSR count). The number of carbonyl (C=O) groups is 1. The molecule has 2 unspecified atom stereocenters. The number of hydrogen-bond acceptors (Lipinski definition) is 2. The highest BCUT2D eigenvalue weighted by Gasteiger charge is 2.22. The van der Waals surface area contributed by atoms with Gasteiger partial charge in [0.25, 0.3) is 0 Å². The predicted molar refractivity (Wildman–Crippen MR) is 83.8 cm³/mol. The molecule has 1 N–H and O–H groups in total. The van der Waals surface area contributed by atoms with Gasteiger partial charge < -0.3 is 10.1 Å². The highest BCUT2D eigenvalue weighted by molar-refractivity contribution is 5.67. The average Bonchev–Trinajstić information content (AvgIpc) is 2.31. The monoisotopic (exact) mass is 281 g/mol. The summed E-state index contributed by atoms with van der Waals surface area (Å²) in [7, 11) is 0. The molecule has 0 aromatic carbocycles. The van der Waals surface area contributed by atoms with Crippen LogP contribution in [0, 0.1) is 5.92 Å². The quantitative estimate of drug-likeness (QED) is 0.753. The molecule has 0 aromatic rings. The molecule has 3 nitrogen and oxygen atoms in total. The minimum absolute atomic E-state index is 0.0703. The molecule has 20 heavy (non-hydrogen) atoms. The number of carbonyl (C=O) groups excluding carboxylic acids is 1. The molecule has 0 spiro atoms. The number of rotatable bonds is 3. The van der Waals surface area contributed by atoms with E-state index in [4.69, 9.17) is 4.74 Å². The van der Waals surface area contributed by atoms with E-state index in [-0.39, 0.29) is 18.2 Å². The van der Waals surface area contributed by atoms with E-state index in [0.717, 1.165) is 31.6 Å². The Balaban J connectivity index is 2.59. The maximum absolute atomic E-state index is 11.7. The van der Waals surface area contributed by atoms with E-state index in [2.05, 4.69) is 26.1 Å². The number of amides is 1. The lowest BCUT2D eigenvalue weighted by Gasteiger charge is -2.28. The van der Waals surface area contributed by atoms with Crippen molar-refractivity contribution in [2.45, 2.75) is 85.3 Å². The molecule has 0 saturated heterocycles. The Hall–Kier alpha value is -0.990. The summed E-state index contributed by atoms with van der Waals surface area (Å²) in [4.78, 5) is 11.7. The van der Waals surface area contributed by atoms with Gasteiger partial charge in [-0.3, -0.25) is 0 Å². The van der Waals surface area contributed by atoms with Gasteiger partial charge in [-0.1, -0.05) is 18.1 Å². The van der Waals surface area contributed by atoms with Gasteiger partial charge in [-0.15, -0.1) is 0 Å². The van der Waals surface area contributed by atoms with Crippen LogP contribution in [0.15, 0.2) is 11.1 Å². The van der Waals surface area contributed by atoms with Crippen LogP contribution in [0.3, 0.4) is 0 Å². The molecule has 1 amide bonds. The van der Waals surface area contributed by atoms with E-state index in [9.17, 15) is 4.79 Å². The first kappa shape index (κ1) is 17.1. The minimum atomic E-state index is -0.267. The molecular formula is C17H31NO2. The second kappa shape index (κ2) is 8.33. The van der Waals surface area contributed by atoms with Crippen LogP contribution in [-0.2, 0) is 4.74 Å². The second-order valence-corrected chi connectivity index (χ2v) is 6.43. The van der Waals surface area contributed by atoms with Crippen molar-refractivity contribution in [1.82, 2.24) is 5.32 Å². The Morgan fingerprint density at radius 3 is 2.55 bits per heavy atom. The lowest BCUT2D eigenvalue weighted by atomic mass is 9.82. The fraction of sp³-hybridized carbons (Fsp3) is 0.824. The standard InChI is InChI=1S/C17H31NO2/c1-6-14-8-7-9-15(10-11-16(14)12(2)3)20-17(19)18-13(4)5/h13-15H,6-11H2,1-5H3,(H,18,19). The normalized spacial score (nSPS) is 24.0. The maximum atomic E-state index is 11.7. The van der Waals surface area contributed by atoms with Crippen LogP contribution < -0.4 is 5.32 Å². The van der Waals surface area contributed by atoms with Gasteiger partial charge in [0.2, 0.25) is 0 Å². The summed E-state index contributed by atoms with van der Waals surface area (Å²) in [6, 6.07) is 0.133. The van der Waals surface area contributed by atoms with Crippen LogP contribution in [0.25, 0.3) is 0 Å². The minimum Gasteiger partial charge on any atom is -0.446 e. The van der Waals surface area contributed by atoms with E-state index in [0.29, 0.717) is 0 Å². The Morgan fingerprint density at radius 2 is 2.00 bits per heavy atom. The molecule has 1 saturated carbocycles. The summed E-state index contributed by atoms with van der Waals surface area (Å²) < 4.78 is 5.56. The highest BCUT2D eigenvalue weighted by Crippen LogP contribution is 2.32. The molecule has 0 heterocycles. The topological polar surface area (TPSA) is 38.3 Å². The van der Waals surface area contributed by atoms with Crippen molar-refractivity contribution in [2.24, 2.45) is 5.92 Å². The first-order valence-corrected chi connectivity index (χ1v) is 8.07. The van der Waals surface area contributed by atoms with Gasteiger partial charge in [0, 0.05) is 6.04 Å². The molecule has 0 aromatic heterocycles. The van der Waals surface area contributed by atoms with Crippen molar-refractivity contribution in [3.05, 3.63) is 11.1 Å². The van der Waals surface area contributed by atoms with Gasteiger partial charge in [-0.2, -0.15) is 0 Å². The van der Waals surface area contributed by atoms with Gasteiger partial charge in [0.05, 0.1) is 0 Å². The van der Waals surface area contributed by atoms with Gasteiger partial charge >= 0.3 is 6.09 Å². The lowest BCUT2D eigenvalue weighted by molar-refractivity contribution is 0.0808. The summed E-state index contributed by atoms with van der Waals surface area (Å²) in [5.74, 6) is 0.727. The number of alkyl carbamates (subject to hydrolysis) is 1. The van der Waals surface area contributed by atoms with Crippen molar-refractivity contribution in [1.29, 1.82) is 0 Å². The molecule has 0 radical (unpaired) electrons. The largest absolute Gasteiger partial charge is 0.446 e. The first-order chi connectivity index (χ1) is 9.43. The molecule has 1 fully saturated rings. The van der Waals surface area contributed by atoms with Crippen LogP contribution in [0.1, 0.15) is 73.1 Å². The smallest absolute Gasteiger partial charge is 0.407 e. The van der Waals surface area contributed by atoms with Gasteiger partial charge in [0.1, 0.15) is 6.10 Å². The highest BCUT2D eigenvalue weighted by atomic mass is 16.6. The van der Waals surface area contributed by atoms with Crippen molar-refractivity contribution >= 4 is 6.09 Å². The summed E-state index contributed by atoms with van der Waals surface area (Å²) >= 11 is 0. The van der Waals surface area contributed by atoms with Crippen molar-refractivity contribution in [3.8, 4) is 0 Å². The van der Waals surface area contributed by atoms with E-state index in [1.165, 1.54) is 18.4 Å². The molecule has 3 heteroatoms. The molecule has 1 aliphatic carbocycles. The van der Waals surface area contributed by atoms with E-state index < -0.39 is 0 Å². The van der Waals surface area contributed by atoms with Crippen LogP contribution in [0.4, 0.5) is 4.79 Å². The first-order valence-electron chi connectivity index (χ1n) is 8.07. The summed E-state index contributed by atoms with van der Waals surface area (Å²) in [6.45, 7) is 10.6. The summed E-state index contributed by atoms with van der Waals surface area (Å²) in [5, 5.41) is 2.81. The zero-order valence-electron chi connectivity index (χ0n) is 13.8. The van der Waals surface area contributed by atoms with Crippen LogP contribution in [-0.4, -0.2) is 18.2 Å². The Labute approximate surface area is 124 Å². The maximum Gasteiger partial charge on any atom is 0.407 e.